The molecule has 0 atom stereocenters. The summed E-state index contributed by atoms with van der Waals surface area (Å²) in [6, 6.07) is 4.71. The van der Waals surface area contributed by atoms with Crippen molar-refractivity contribution in [1.82, 2.24) is 5.32 Å². The second-order valence-electron chi connectivity index (χ2n) is 8.29. The maximum atomic E-state index is 12.8. The van der Waals surface area contributed by atoms with Crippen LogP contribution in [0.3, 0.4) is 0 Å². The van der Waals surface area contributed by atoms with Gasteiger partial charge in [0.2, 0.25) is 0 Å². The zero-order valence-electron chi connectivity index (χ0n) is 17.1. The van der Waals surface area contributed by atoms with Crippen LogP contribution in [0.2, 0.25) is 0 Å². The Morgan fingerprint density at radius 1 is 1.15 bits per heavy atom. The van der Waals surface area contributed by atoms with Gasteiger partial charge in [0.15, 0.2) is 0 Å². The molecule has 0 aromatic heterocycles. The van der Waals surface area contributed by atoms with Crippen LogP contribution in [0.4, 0.5) is 10.5 Å². The van der Waals surface area contributed by atoms with Gasteiger partial charge in [0.05, 0.1) is 5.69 Å². The molecule has 26 heavy (non-hydrogen) atoms. The largest absolute Gasteiger partial charge is 0.334 e. The maximum absolute atomic E-state index is 12.8. The Morgan fingerprint density at radius 2 is 1.69 bits per heavy atom. The van der Waals surface area contributed by atoms with Crippen molar-refractivity contribution < 1.29 is 4.79 Å². The number of anilines is 1. The van der Waals surface area contributed by atoms with Crippen LogP contribution >= 0.6 is 12.8 Å². The number of carbonyl (C=O) groups excluding carboxylic acids is 1. The SMILES string of the molecule is CCc1cc(CC(C)C)cc(CC)c1N(S)C(=O)NC1CCC(C)CC1. The summed E-state index contributed by atoms with van der Waals surface area (Å²) in [6.07, 6.45) is 7.41. The summed E-state index contributed by atoms with van der Waals surface area (Å²) in [5, 5.41) is 3.20. The van der Waals surface area contributed by atoms with Crippen LogP contribution in [0.5, 0.6) is 0 Å². The molecular weight excluding hydrogens is 340 g/mol. The number of benzene rings is 1. The molecule has 0 unspecified atom stereocenters. The number of carbonyl (C=O) groups is 1. The summed E-state index contributed by atoms with van der Waals surface area (Å²) in [5.41, 5.74) is 4.76. The number of urea groups is 1. The summed E-state index contributed by atoms with van der Waals surface area (Å²) < 4.78 is 1.55. The van der Waals surface area contributed by atoms with Crippen LogP contribution < -0.4 is 9.62 Å². The lowest BCUT2D eigenvalue weighted by Crippen LogP contribution is -2.43. The Balaban J connectivity index is 2.20. The van der Waals surface area contributed by atoms with Crippen molar-refractivity contribution in [3.8, 4) is 0 Å². The van der Waals surface area contributed by atoms with Gasteiger partial charge in [0.25, 0.3) is 0 Å². The number of rotatable bonds is 6. The van der Waals surface area contributed by atoms with Crippen molar-refractivity contribution in [2.45, 2.75) is 85.6 Å². The highest BCUT2D eigenvalue weighted by Gasteiger charge is 2.24. The number of nitrogens with zero attached hydrogens (tertiary/aromatic N) is 1. The van der Waals surface area contributed by atoms with E-state index in [0.717, 1.165) is 43.7 Å². The summed E-state index contributed by atoms with van der Waals surface area (Å²) in [7, 11) is 0. The minimum absolute atomic E-state index is 0.0890. The molecule has 1 aromatic rings. The van der Waals surface area contributed by atoms with E-state index in [1.54, 1.807) is 4.31 Å². The number of thiol groups is 1. The maximum Gasteiger partial charge on any atom is 0.332 e. The molecule has 3 nitrogen and oxygen atoms in total. The molecule has 2 rings (SSSR count). The molecule has 1 fully saturated rings. The predicted octanol–water partition coefficient (Wildman–Crippen LogP) is 5.95. The Kier molecular flexibility index (Phi) is 7.87. The van der Waals surface area contributed by atoms with Crippen LogP contribution in [0.15, 0.2) is 12.1 Å². The summed E-state index contributed by atoms with van der Waals surface area (Å²) >= 11 is 4.60. The Hall–Kier alpha value is -1.16. The van der Waals surface area contributed by atoms with Gasteiger partial charge in [-0.25, -0.2) is 9.10 Å². The van der Waals surface area contributed by atoms with Gasteiger partial charge in [0, 0.05) is 6.04 Å². The van der Waals surface area contributed by atoms with Gasteiger partial charge in [-0.1, -0.05) is 59.6 Å². The molecule has 4 heteroatoms. The smallest absolute Gasteiger partial charge is 0.332 e. The van der Waals surface area contributed by atoms with E-state index in [9.17, 15) is 4.79 Å². The fourth-order valence-corrected chi connectivity index (χ4v) is 4.29. The predicted molar refractivity (Wildman–Crippen MR) is 115 cm³/mol. The highest BCUT2D eigenvalue weighted by molar-refractivity contribution is 7.82. The second-order valence-corrected chi connectivity index (χ2v) is 8.69. The third kappa shape index (κ3) is 5.42. The first-order chi connectivity index (χ1) is 12.3. The highest BCUT2D eigenvalue weighted by Crippen LogP contribution is 2.31. The average Bonchev–Trinajstić information content (AvgIpc) is 2.61. The van der Waals surface area contributed by atoms with Crippen molar-refractivity contribution in [3.05, 3.63) is 28.8 Å². The molecule has 2 amide bonds. The van der Waals surface area contributed by atoms with E-state index in [4.69, 9.17) is 0 Å². The van der Waals surface area contributed by atoms with Crippen molar-refractivity contribution >= 4 is 24.5 Å². The third-order valence-electron chi connectivity index (χ3n) is 5.48. The molecule has 0 bridgehead atoms. The van der Waals surface area contributed by atoms with Crippen molar-refractivity contribution in [1.29, 1.82) is 0 Å². The van der Waals surface area contributed by atoms with E-state index in [0.29, 0.717) is 5.92 Å². The van der Waals surface area contributed by atoms with Crippen LogP contribution in [0.1, 0.15) is 77.0 Å². The minimum Gasteiger partial charge on any atom is -0.334 e. The second kappa shape index (κ2) is 9.68. The van der Waals surface area contributed by atoms with E-state index >= 15 is 0 Å². The zero-order valence-corrected chi connectivity index (χ0v) is 18.0. The van der Waals surface area contributed by atoms with Crippen LogP contribution in [-0.4, -0.2) is 12.1 Å². The fraction of sp³-hybridized carbons (Fsp3) is 0.682. The van der Waals surface area contributed by atoms with Crippen LogP contribution in [-0.2, 0) is 19.3 Å². The number of amides is 2. The van der Waals surface area contributed by atoms with E-state index in [-0.39, 0.29) is 12.1 Å². The van der Waals surface area contributed by atoms with Gasteiger partial charge in [-0.05, 0) is 73.5 Å². The van der Waals surface area contributed by atoms with E-state index in [1.165, 1.54) is 29.5 Å². The first-order valence-corrected chi connectivity index (χ1v) is 10.7. The molecule has 1 N–H and O–H groups in total. The molecule has 1 saturated carbocycles. The van der Waals surface area contributed by atoms with Gasteiger partial charge in [-0.2, -0.15) is 0 Å². The molecule has 1 aliphatic carbocycles. The van der Waals surface area contributed by atoms with Gasteiger partial charge in [0.1, 0.15) is 0 Å². The average molecular weight is 377 g/mol. The van der Waals surface area contributed by atoms with E-state index < -0.39 is 0 Å². The van der Waals surface area contributed by atoms with Crippen molar-refractivity contribution in [2.24, 2.45) is 11.8 Å². The lowest BCUT2D eigenvalue weighted by atomic mass is 9.87. The van der Waals surface area contributed by atoms with Gasteiger partial charge >= 0.3 is 6.03 Å². The first kappa shape index (κ1) is 21.1. The molecule has 0 heterocycles. The summed E-state index contributed by atoms with van der Waals surface area (Å²) in [6.45, 7) is 11.1. The number of aryl methyl sites for hydroxylation is 2. The normalized spacial score (nSPS) is 20.3. The Morgan fingerprint density at radius 3 is 2.15 bits per heavy atom. The third-order valence-corrected chi connectivity index (χ3v) is 5.86. The fourth-order valence-electron chi connectivity index (χ4n) is 3.97. The Bertz CT molecular complexity index is 581. The first-order valence-electron chi connectivity index (χ1n) is 10.3. The van der Waals surface area contributed by atoms with Crippen LogP contribution in [0, 0.1) is 11.8 Å². The standard InChI is InChI=1S/C22H36N2OS/c1-6-18-13-17(12-15(3)4)14-19(7-2)21(18)24(26)22(25)23-20-10-8-16(5)9-11-20/h13-16,20,26H,6-12H2,1-5H3,(H,23,25). The quantitative estimate of drug-likeness (QED) is 0.591. The van der Waals surface area contributed by atoms with Crippen molar-refractivity contribution in [3.63, 3.8) is 0 Å². The van der Waals surface area contributed by atoms with Gasteiger partial charge < -0.3 is 5.32 Å². The highest BCUT2D eigenvalue weighted by atomic mass is 32.1. The molecule has 0 radical (unpaired) electrons. The Labute approximate surface area is 165 Å². The number of hydrogen-bond donors (Lipinski definition) is 2. The molecule has 0 aliphatic heterocycles. The van der Waals surface area contributed by atoms with E-state index in [2.05, 4.69) is 64.9 Å². The molecule has 1 aliphatic rings. The topological polar surface area (TPSA) is 32.3 Å². The van der Waals surface area contributed by atoms with Crippen LogP contribution in [0.25, 0.3) is 0 Å². The minimum atomic E-state index is -0.0890. The summed E-state index contributed by atoms with van der Waals surface area (Å²) in [4.78, 5) is 12.8. The molecule has 0 spiro atoms. The number of hydrogen-bond acceptors (Lipinski definition) is 2. The summed E-state index contributed by atoms with van der Waals surface area (Å²) in [5.74, 6) is 1.40. The van der Waals surface area contributed by atoms with Gasteiger partial charge in [-0.15, -0.1) is 0 Å². The van der Waals surface area contributed by atoms with Gasteiger partial charge in [-0.3, -0.25) is 0 Å². The number of nitrogens with one attached hydrogen (secondary N) is 1. The molecular formula is C22H36N2OS. The molecule has 146 valence electrons. The zero-order chi connectivity index (χ0) is 19.3. The molecule has 1 aromatic carbocycles. The molecule has 0 saturated heterocycles. The monoisotopic (exact) mass is 376 g/mol. The van der Waals surface area contributed by atoms with E-state index in [1.807, 2.05) is 0 Å². The lowest BCUT2D eigenvalue weighted by Gasteiger charge is -2.30. The lowest BCUT2D eigenvalue weighted by molar-refractivity contribution is 0.237. The van der Waals surface area contributed by atoms with Crippen molar-refractivity contribution in [2.75, 3.05) is 4.31 Å².